The number of benzene rings is 1. The number of carbonyl (C=O) groups is 1. The van der Waals surface area contributed by atoms with Crippen molar-refractivity contribution in [1.29, 1.82) is 5.26 Å². The summed E-state index contributed by atoms with van der Waals surface area (Å²) in [6, 6.07) is 8.92. The highest BCUT2D eigenvalue weighted by molar-refractivity contribution is 5.92. The number of hydrogen-bond acceptors (Lipinski definition) is 4. The molecule has 19 heavy (non-hydrogen) atoms. The van der Waals surface area contributed by atoms with Gasteiger partial charge in [0.25, 0.3) is 0 Å². The Morgan fingerprint density at radius 1 is 1.37 bits per heavy atom. The van der Waals surface area contributed by atoms with Gasteiger partial charge in [-0.05, 0) is 38.1 Å². The highest BCUT2D eigenvalue weighted by atomic mass is 16.4. The van der Waals surface area contributed by atoms with Crippen LogP contribution in [0.1, 0.15) is 17.9 Å². The van der Waals surface area contributed by atoms with E-state index in [1.165, 1.54) is 0 Å². The fraction of sp³-hybridized carbons (Fsp3) is 0.214. The van der Waals surface area contributed by atoms with Crippen molar-refractivity contribution in [3.05, 3.63) is 35.7 Å². The average molecular weight is 255 g/mol. The van der Waals surface area contributed by atoms with Crippen molar-refractivity contribution in [2.75, 3.05) is 5.32 Å². The maximum atomic E-state index is 11.3. The molecule has 0 spiro atoms. The first kappa shape index (κ1) is 12.8. The summed E-state index contributed by atoms with van der Waals surface area (Å²) in [6.07, 6.45) is -0.153. The van der Waals surface area contributed by atoms with Crippen LogP contribution in [-0.2, 0) is 4.79 Å². The summed E-state index contributed by atoms with van der Waals surface area (Å²) >= 11 is 0. The molecule has 1 amide bonds. The summed E-state index contributed by atoms with van der Waals surface area (Å²) < 4.78 is 5.52. The van der Waals surface area contributed by atoms with Crippen molar-refractivity contribution < 1.29 is 9.21 Å². The minimum absolute atomic E-state index is 0.153. The summed E-state index contributed by atoms with van der Waals surface area (Å²) in [5.74, 6) is 1.03. The molecule has 96 valence electrons. The third-order valence-corrected chi connectivity index (χ3v) is 2.68. The molecule has 2 aromatic rings. The zero-order valence-corrected chi connectivity index (χ0v) is 10.7. The van der Waals surface area contributed by atoms with Crippen LogP contribution in [0.15, 0.2) is 28.7 Å². The van der Waals surface area contributed by atoms with E-state index < -0.39 is 0 Å². The number of oxazole rings is 1. The van der Waals surface area contributed by atoms with Crippen molar-refractivity contribution in [3.8, 4) is 17.5 Å². The van der Waals surface area contributed by atoms with E-state index in [1.807, 2.05) is 26.0 Å². The van der Waals surface area contributed by atoms with Crippen LogP contribution in [0, 0.1) is 25.2 Å². The fourth-order valence-electron chi connectivity index (χ4n) is 1.57. The van der Waals surface area contributed by atoms with E-state index in [0.29, 0.717) is 11.6 Å². The van der Waals surface area contributed by atoms with Gasteiger partial charge in [0.05, 0.1) is 11.8 Å². The Kier molecular flexibility index (Phi) is 3.62. The number of anilines is 1. The molecule has 1 heterocycles. The molecule has 1 N–H and O–H groups in total. The van der Waals surface area contributed by atoms with E-state index in [2.05, 4.69) is 10.3 Å². The van der Waals surface area contributed by atoms with E-state index in [4.69, 9.17) is 9.68 Å². The van der Waals surface area contributed by atoms with Gasteiger partial charge in [-0.3, -0.25) is 4.79 Å². The first-order valence-corrected chi connectivity index (χ1v) is 5.81. The Balaban J connectivity index is 2.15. The molecule has 2 rings (SSSR count). The molecule has 0 saturated carbocycles. The zero-order valence-electron chi connectivity index (χ0n) is 10.7. The Labute approximate surface area is 110 Å². The van der Waals surface area contributed by atoms with Crippen molar-refractivity contribution in [2.45, 2.75) is 20.3 Å². The van der Waals surface area contributed by atoms with Crippen LogP contribution in [0.5, 0.6) is 0 Å². The maximum absolute atomic E-state index is 11.3. The Hall–Kier alpha value is -2.61. The fourth-order valence-corrected chi connectivity index (χ4v) is 1.57. The molecule has 0 unspecified atom stereocenters. The lowest BCUT2D eigenvalue weighted by Gasteiger charge is -2.03. The predicted molar refractivity (Wildman–Crippen MR) is 70.3 cm³/mol. The van der Waals surface area contributed by atoms with Gasteiger partial charge < -0.3 is 9.73 Å². The van der Waals surface area contributed by atoms with Gasteiger partial charge in [-0.25, -0.2) is 4.98 Å². The molecule has 5 heteroatoms. The number of aryl methyl sites for hydroxylation is 2. The molecular weight excluding hydrogens is 242 g/mol. The van der Waals surface area contributed by atoms with Gasteiger partial charge in [0.2, 0.25) is 11.8 Å². The van der Waals surface area contributed by atoms with Crippen molar-refractivity contribution in [1.82, 2.24) is 4.98 Å². The van der Waals surface area contributed by atoms with Crippen LogP contribution < -0.4 is 5.32 Å². The SMILES string of the molecule is Cc1nc(-c2ccc(NC(=O)CC#N)cc2)oc1C. The third-order valence-electron chi connectivity index (χ3n) is 2.68. The summed E-state index contributed by atoms with van der Waals surface area (Å²) in [4.78, 5) is 15.6. The predicted octanol–water partition coefficient (Wildman–Crippen LogP) is 2.81. The Bertz CT molecular complexity index is 616. The highest BCUT2D eigenvalue weighted by Gasteiger charge is 2.08. The van der Waals surface area contributed by atoms with Crippen molar-refractivity contribution >= 4 is 11.6 Å². The van der Waals surface area contributed by atoms with Gasteiger partial charge in [-0.1, -0.05) is 0 Å². The number of carbonyl (C=O) groups excluding carboxylic acids is 1. The van der Waals surface area contributed by atoms with Crippen LogP contribution in [0.2, 0.25) is 0 Å². The van der Waals surface area contributed by atoms with Crippen LogP contribution >= 0.6 is 0 Å². The van der Waals surface area contributed by atoms with Gasteiger partial charge in [0, 0.05) is 11.3 Å². The monoisotopic (exact) mass is 255 g/mol. The van der Waals surface area contributed by atoms with Crippen LogP contribution in [0.4, 0.5) is 5.69 Å². The molecule has 1 aromatic carbocycles. The van der Waals surface area contributed by atoms with Crippen molar-refractivity contribution in [3.63, 3.8) is 0 Å². The summed E-state index contributed by atoms with van der Waals surface area (Å²) in [5, 5.41) is 11.0. The second kappa shape index (κ2) is 5.36. The second-order valence-electron chi connectivity index (χ2n) is 4.12. The number of rotatable bonds is 3. The summed E-state index contributed by atoms with van der Waals surface area (Å²) in [6.45, 7) is 3.75. The smallest absolute Gasteiger partial charge is 0.238 e. The largest absolute Gasteiger partial charge is 0.441 e. The number of amides is 1. The van der Waals surface area contributed by atoms with Crippen molar-refractivity contribution in [2.24, 2.45) is 0 Å². The van der Waals surface area contributed by atoms with Gasteiger partial charge >= 0.3 is 0 Å². The molecule has 1 aromatic heterocycles. The number of aromatic nitrogens is 1. The topological polar surface area (TPSA) is 78.9 Å². The lowest BCUT2D eigenvalue weighted by Crippen LogP contribution is -2.09. The molecule has 0 bridgehead atoms. The molecular formula is C14H13N3O2. The molecule has 0 aliphatic carbocycles. The number of nitrogens with one attached hydrogen (secondary N) is 1. The van der Waals surface area contributed by atoms with Gasteiger partial charge in [-0.2, -0.15) is 5.26 Å². The molecule has 0 radical (unpaired) electrons. The van der Waals surface area contributed by atoms with E-state index in [-0.39, 0.29) is 12.3 Å². The van der Waals surface area contributed by atoms with Gasteiger partial charge in [-0.15, -0.1) is 0 Å². The van der Waals surface area contributed by atoms with E-state index in [1.54, 1.807) is 18.2 Å². The average Bonchev–Trinajstić information content (AvgIpc) is 2.71. The summed E-state index contributed by atoms with van der Waals surface area (Å²) in [5.41, 5.74) is 2.35. The molecule has 0 fully saturated rings. The molecule has 0 atom stereocenters. The van der Waals surface area contributed by atoms with E-state index >= 15 is 0 Å². The van der Waals surface area contributed by atoms with Crippen LogP contribution in [0.3, 0.4) is 0 Å². The first-order chi connectivity index (χ1) is 9.10. The van der Waals surface area contributed by atoms with Gasteiger partial charge in [0.15, 0.2) is 0 Å². The highest BCUT2D eigenvalue weighted by Crippen LogP contribution is 2.22. The van der Waals surface area contributed by atoms with E-state index in [9.17, 15) is 4.79 Å². The normalized spacial score (nSPS) is 9.95. The minimum Gasteiger partial charge on any atom is -0.441 e. The third kappa shape index (κ3) is 2.99. The second-order valence-corrected chi connectivity index (χ2v) is 4.12. The molecule has 5 nitrogen and oxygen atoms in total. The first-order valence-electron chi connectivity index (χ1n) is 5.81. The number of nitriles is 1. The maximum Gasteiger partial charge on any atom is 0.238 e. The zero-order chi connectivity index (χ0) is 13.8. The standard InChI is InChI=1S/C14H13N3O2/c1-9-10(2)19-14(16-9)11-3-5-12(6-4-11)17-13(18)7-8-15/h3-6H,7H2,1-2H3,(H,17,18). The van der Waals surface area contributed by atoms with E-state index in [0.717, 1.165) is 17.0 Å². The van der Waals surface area contributed by atoms with Gasteiger partial charge in [0.1, 0.15) is 12.2 Å². The Morgan fingerprint density at radius 3 is 2.58 bits per heavy atom. The van der Waals surface area contributed by atoms with Crippen LogP contribution in [0.25, 0.3) is 11.5 Å². The lowest BCUT2D eigenvalue weighted by molar-refractivity contribution is -0.115. The molecule has 0 saturated heterocycles. The number of hydrogen-bond donors (Lipinski definition) is 1. The summed E-state index contributed by atoms with van der Waals surface area (Å²) in [7, 11) is 0. The Morgan fingerprint density at radius 2 is 2.05 bits per heavy atom. The molecule has 0 aliphatic rings. The molecule has 0 aliphatic heterocycles. The van der Waals surface area contributed by atoms with Crippen LogP contribution in [-0.4, -0.2) is 10.9 Å². The lowest BCUT2D eigenvalue weighted by atomic mass is 10.2. The minimum atomic E-state index is -0.321. The number of nitrogens with zero attached hydrogens (tertiary/aromatic N) is 2. The quantitative estimate of drug-likeness (QED) is 0.914.